The van der Waals surface area contributed by atoms with Crippen LogP contribution in [0.1, 0.15) is 21.7 Å². The highest BCUT2D eigenvalue weighted by molar-refractivity contribution is 7.89. The van der Waals surface area contributed by atoms with Gasteiger partial charge in [-0.1, -0.05) is 5.16 Å². The average molecular weight is 372 g/mol. The summed E-state index contributed by atoms with van der Waals surface area (Å²) in [4.78, 5) is 16.1. The van der Waals surface area contributed by atoms with Crippen LogP contribution in [0.25, 0.3) is 0 Å². The lowest BCUT2D eigenvalue weighted by Crippen LogP contribution is -2.23. The van der Waals surface area contributed by atoms with Crippen LogP contribution >= 0.6 is 0 Å². The number of benzene rings is 1. The highest BCUT2D eigenvalue weighted by Gasteiger charge is 2.15. The zero-order valence-electron chi connectivity index (χ0n) is 13.8. The lowest BCUT2D eigenvalue weighted by Gasteiger charge is -2.08. The Morgan fingerprint density at radius 3 is 2.42 bits per heavy atom. The molecule has 0 bridgehead atoms. The second kappa shape index (κ2) is 7.46. The van der Waals surface area contributed by atoms with Crippen molar-refractivity contribution in [3.05, 3.63) is 71.7 Å². The average Bonchev–Trinajstić information content (AvgIpc) is 3.06. The summed E-state index contributed by atoms with van der Waals surface area (Å²) in [6, 6.07) is 10.6. The summed E-state index contributed by atoms with van der Waals surface area (Å²) in [5.41, 5.74) is 1.10. The molecule has 0 saturated heterocycles. The number of hydrogen-bond donors (Lipinski definition) is 2. The van der Waals surface area contributed by atoms with Gasteiger partial charge in [0.05, 0.1) is 4.90 Å². The van der Waals surface area contributed by atoms with Crippen molar-refractivity contribution in [1.29, 1.82) is 0 Å². The van der Waals surface area contributed by atoms with E-state index < -0.39 is 15.9 Å². The van der Waals surface area contributed by atoms with Crippen LogP contribution < -0.4 is 10.0 Å². The largest absolute Gasteiger partial charge is 0.360 e. The summed E-state index contributed by atoms with van der Waals surface area (Å²) in [7, 11) is -3.69. The normalized spacial score (nSPS) is 11.3. The monoisotopic (exact) mass is 372 g/mol. The fraction of sp³-hybridized carbons (Fsp3) is 0.118. The molecule has 0 aliphatic carbocycles. The van der Waals surface area contributed by atoms with Gasteiger partial charge < -0.3 is 9.84 Å². The maximum atomic E-state index is 12.3. The highest BCUT2D eigenvalue weighted by atomic mass is 32.2. The standard InChI is InChI=1S/C17H16N4O4S/c1-12-10-16(21-25-12)20-17(22)14-2-4-15(5-3-14)26(23,24)19-11-13-6-8-18-9-7-13/h2-10,19H,11H2,1H3,(H,20,21,22). The number of aryl methyl sites for hydroxylation is 1. The third kappa shape index (κ3) is 4.32. The molecule has 2 N–H and O–H groups in total. The quantitative estimate of drug-likeness (QED) is 0.685. The molecule has 3 aromatic rings. The number of amides is 1. The van der Waals surface area contributed by atoms with Gasteiger partial charge in [0.15, 0.2) is 5.82 Å². The number of anilines is 1. The zero-order chi connectivity index (χ0) is 18.6. The van der Waals surface area contributed by atoms with Crippen LogP contribution in [-0.4, -0.2) is 24.5 Å². The van der Waals surface area contributed by atoms with E-state index in [-0.39, 0.29) is 11.4 Å². The molecule has 9 heteroatoms. The van der Waals surface area contributed by atoms with Crippen molar-refractivity contribution in [2.75, 3.05) is 5.32 Å². The molecule has 0 aliphatic rings. The third-order valence-electron chi connectivity index (χ3n) is 3.51. The van der Waals surface area contributed by atoms with E-state index in [1.807, 2.05) is 0 Å². The second-order valence-corrected chi connectivity index (χ2v) is 7.25. The van der Waals surface area contributed by atoms with Crippen molar-refractivity contribution in [1.82, 2.24) is 14.9 Å². The Morgan fingerprint density at radius 1 is 1.12 bits per heavy atom. The minimum absolute atomic E-state index is 0.0698. The van der Waals surface area contributed by atoms with Crippen LogP contribution in [-0.2, 0) is 16.6 Å². The van der Waals surface area contributed by atoms with E-state index in [2.05, 4.69) is 20.2 Å². The molecule has 3 rings (SSSR count). The molecule has 0 spiro atoms. The van der Waals surface area contributed by atoms with Crippen molar-refractivity contribution in [2.24, 2.45) is 0 Å². The summed E-state index contributed by atoms with van der Waals surface area (Å²) in [6.45, 7) is 1.86. The van der Waals surface area contributed by atoms with Gasteiger partial charge in [-0.2, -0.15) is 0 Å². The molecular weight excluding hydrogens is 356 g/mol. The number of carbonyl (C=O) groups is 1. The number of rotatable bonds is 6. The third-order valence-corrected chi connectivity index (χ3v) is 4.93. The first-order valence-corrected chi connectivity index (χ1v) is 9.16. The molecule has 0 atom stereocenters. The first kappa shape index (κ1) is 17.8. The highest BCUT2D eigenvalue weighted by Crippen LogP contribution is 2.14. The lowest BCUT2D eigenvalue weighted by molar-refractivity contribution is 0.102. The second-order valence-electron chi connectivity index (χ2n) is 5.48. The molecule has 0 radical (unpaired) electrons. The van der Waals surface area contributed by atoms with E-state index in [0.29, 0.717) is 17.1 Å². The van der Waals surface area contributed by atoms with E-state index in [9.17, 15) is 13.2 Å². The molecular formula is C17H16N4O4S. The number of carbonyl (C=O) groups excluding carboxylic acids is 1. The molecule has 0 unspecified atom stereocenters. The summed E-state index contributed by atoms with van der Waals surface area (Å²) >= 11 is 0. The number of aromatic nitrogens is 2. The van der Waals surface area contributed by atoms with Gasteiger partial charge in [0, 0.05) is 30.6 Å². The minimum atomic E-state index is -3.69. The van der Waals surface area contributed by atoms with Gasteiger partial charge in [-0.15, -0.1) is 0 Å². The van der Waals surface area contributed by atoms with Gasteiger partial charge in [0.2, 0.25) is 10.0 Å². The van der Waals surface area contributed by atoms with E-state index >= 15 is 0 Å². The van der Waals surface area contributed by atoms with Gasteiger partial charge >= 0.3 is 0 Å². The van der Waals surface area contributed by atoms with Crippen LogP contribution in [0.5, 0.6) is 0 Å². The topological polar surface area (TPSA) is 114 Å². The number of nitrogens with one attached hydrogen (secondary N) is 2. The number of hydrogen-bond acceptors (Lipinski definition) is 6. The SMILES string of the molecule is Cc1cc(NC(=O)c2ccc(S(=O)(=O)NCc3ccncc3)cc2)no1. The van der Waals surface area contributed by atoms with Gasteiger partial charge in [-0.05, 0) is 48.9 Å². The molecule has 0 fully saturated rings. The Balaban J connectivity index is 1.67. The zero-order valence-corrected chi connectivity index (χ0v) is 14.7. The van der Waals surface area contributed by atoms with E-state index in [1.165, 1.54) is 24.3 Å². The van der Waals surface area contributed by atoms with Crippen LogP contribution in [0.2, 0.25) is 0 Å². The van der Waals surface area contributed by atoms with Gasteiger partial charge in [-0.3, -0.25) is 9.78 Å². The van der Waals surface area contributed by atoms with Crippen LogP contribution in [0.4, 0.5) is 5.82 Å². The van der Waals surface area contributed by atoms with Crippen molar-refractivity contribution in [3.63, 3.8) is 0 Å². The fourth-order valence-electron chi connectivity index (χ4n) is 2.16. The molecule has 8 nitrogen and oxygen atoms in total. The predicted octanol–water partition coefficient (Wildman–Crippen LogP) is 2.11. The van der Waals surface area contributed by atoms with Crippen molar-refractivity contribution in [3.8, 4) is 0 Å². The maximum Gasteiger partial charge on any atom is 0.256 e. The van der Waals surface area contributed by atoms with Gasteiger partial charge in [0.25, 0.3) is 5.91 Å². The molecule has 2 aromatic heterocycles. The van der Waals surface area contributed by atoms with E-state index in [4.69, 9.17) is 4.52 Å². The molecule has 2 heterocycles. The van der Waals surface area contributed by atoms with Gasteiger partial charge in [0.1, 0.15) is 5.76 Å². The summed E-state index contributed by atoms with van der Waals surface area (Å²) < 4.78 is 32.0. The Hall–Kier alpha value is -3.04. The fourth-order valence-corrected chi connectivity index (χ4v) is 3.18. The summed E-state index contributed by atoms with van der Waals surface area (Å²) in [5, 5.41) is 6.24. The number of nitrogens with zero attached hydrogens (tertiary/aromatic N) is 2. The first-order valence-electron chi connectivity index (χ1n) is 7.67. The lowest BCUT2D eigenvalue weighted by atomic mass is 10.2. The van der Waals surface area contributed by atoms with Crippen molar-refractivity contribution in [2.45, 2.75) is 18.4 Å². The maximum absolute atomic E-state index is 12.3. The molecule has 1 amide bonds. The van der Waals surface area contributed by atoms with Crippen molar-refractivity contribution >= 4 is 21.7 Å². The molecule has 0 saturated carbocycles. The molecule has 26 heavy (non-hydrogen) atoms. The predicted molar refractivity (Wildman–Crippen MR) is 93.9 cm³/mol. The smallest absolute Gasteiger partial charge is 0.256 e. The number of sulfonamides is 1. The Morgan fingerprint density at radius 2 is 1.81 bits per heavy atom. The summed E-state index contributed by atoms with van der Waals surface area (Å²) in [6.07, 6.45) is 3.18. The van der Waals surface area contributed by atoms with E-state index in [0.717, 1.165) is 5.56 Å². The first-order chi connectivity index (χ1) is 12.4. The molecule has 134 valence electrons. The van der Waals surface area contributed by atoms with Crippen LogP contribution in [0, 0.1) is 6.92 Å². The Bertz CT molecular complexity index is 999. The van der Waals surface area contributed by atoms with E-state index in [1.54, 1.807) is 37.5 Å². The van der Waals surface area contributed by atoms with Gasteiger partial charge in [-0.25, -0.2) is 13.1 Å². The minimum Gasteiger partial charge on any atom is -0.360 e. The summed E-state index contributed by atoms with van der Waals surface area (Å²) in [5.74, 6) is 0.456. The Labute approximate surface area is 150 Å². The van der Waals surface area contributed by atoms with Crippen LogP contribution in [0.15, 0.2) is 64.3 Å². The van der Waals surface area contributed by atoms with Crippen molar-refractivity contribution < 1.29 is 17.7 Å². The molecule has 1 aromatic carbocycles. The molecule has 0 aliphatic heterocycles. The number of pyridine rings is 1. The van der Waals surface area contributed by atoms with Crippen LogP contribution in [0.3, 0.4) is 0 Å². The Kier molecular flexibility index (Phi) is 5.10.